The molecule has 0 atom stereocenters. The Bertz CT molecular complexity index is 126. The van der Waals surface area contributed by atoms with Gasteiger partial charge in [-0.3, -0.25) is 4.57 Å². The van der Waals surface area contributed by atoms with Crippen LogP contribution >= 0.6 is 7.60 Å². The standard InChI is InChI=1S/C3H7O3P.Na.H/c1-3(2)7(4,5)6;;/h1H2,2H3,(H2,4,5,6);;. The Morgan fingerprint density at radius 2 is 1.75 bits per heavy atom. The summed E-state index contributed by atoms with van der Waals surface area (Å²) in [6.07, 6.45) is 0. The van der Waals surface area contributed by atoms with Gasteiger partial charge in [-0.25, -0.2) is 0 Å². The maximum atomic E-state index is 9.93. The van der Waals surface area contributed by atoms with E-state index in [4.69, 9.17) is 9.79 Å². The summed E-state index contributed by atoms with van der Waals surface area (Å²) in [5.41, 5.74) is 0. The molecule has 0 aromatic heterocycles. The van der Waals surface area contributed by atoms with Gasteiger partial charge in [-0.1, -0.05) is 6.58 Å². The molecule has 0 radical (unpaired) electrons. The van der Waals surface area contributed by atoms with Crippen LogP contribution in [0.4, 0.5) is 0 Å². The van der Waals surface area contributed by atoms with E-state index in [0.29, 0.717) is 0 Å². The first-order chi connectivity index (χ1) is 2.94. The molecule has 0 aromatic rings. The Morgan fingerprint density at radius 1 is 1.62 bits per heavy atom. The molecule has 0 heterocycles. The Hall–Kier alpha value is 0.890. The summed E-state index contributed by atoms with van der Waals surface area (Å²) in [4.78, 5) is 16.2. The van der Waals surface area contributed by atoms with Crippen LogP contribution in [0.5, 0.6) is 0 Å². The molecule has 0 spiro atoms. The summed E-state index contributed by atoms with van der Waals surface area (Å²) >= 11 is 0. The van der Waals surface area contributed by atoms with Crippen molar-refractivity contribution in [1.29, 1.82) is 0 Å². The van der Waals surface area contributed by atoms with Gasteiger partial charge < -0.3 is 9.79 Å². The van der Waals surface area contributed by atoms with Crippen LogP contribution in [-0.4, -0.2) is 39.3 Å². The molecule has 0 amide bonds. The molecule has 0 aromatic carbocycles. The van der Waals surface area contributed by atoms with Crippen LogP contribution in [0.15, 0.2) is 11.9 Å². The minimum absolute atomic E-state index is 0. The van der Waals surface area contributed by atoms with Crippen molar-refractivity contribution in [2.75, 3.05) is 0 Å². The molecular weight excluding hydrogens is 138 g/mol. The second-order valence-corrected chi connectivity index (χ2v) is 3.13. The van der Waals surface area contributed by atoms with Crippen molar-refractivity contribution in [3.8, 4) is 0 Å². The minimum atomic E-state index is -3.93. The summed E-state index contributed by atoms with van der Waals surface area (Å²) in [6.45, 7) is 4.36. The van der Waals surface area contributed by atoms with Crippen molar-refractivity contribution in [3.63, 3.8) is 0 Å². The summed E-state index contributed by atoms with van der Waals surface area (Å²) in [5, 5.41) is -0.0903. The second kappa shape index (κ2) is 3.83. The van der Waals surface area contributed by atoms with E-state index in [2.05, 4.69) is 6.58 Å². The van der Waals surface area contributed by atoms with E-state index in [1.165, 1.54) is 6.92 Å². The molecule has 0 bridgehead atoms. The first-order valence-corrected chi connectivity index (χ1v) is 3.27. The van der Waals surface area contributed by atoms with E-state index in [-0.39, 0.29) is 34.9 Å². The van der Waals surface area contributed by atoms with Gasteiger partial charge in [0.15, 0.2) is 0 Å². The predicted octanol–water partition coefficient (Wildman–Crippen LogP) is 0.0492. The van der Waals surface area contributed by atoms with Gasteiger partial charge in [0, 0.05) is 5.31 Å². The zero-order valence-electron chi connectivity index (χ0n) is 3.96. The molecule has 0 saturated heterocycles. The summed E-state index contributed by atoms with van der Waals surface area (Å²) in [7, 11) is -3.93. The molecule has 0 unspecified atom stereocenters. The van der Waals surface area contributed by atoms with Gasteiger partial charge >= 0.3 is 37.2 Å². The van der Waals surface area contributed by atoms with Gasteiger partial charge in [-0.05, 0) is 6.92 Å². The number of hydrogen-bond donors (Lipinski definition) is 2. The van der Waals surface area contributed by atoms with Gasteiger partial charge in [0.25, 0.3) is 0 Å². The average Bonchev–Trinajstić information content (AvgIpc) is 1.31. The molecule has 44 valence electrons. The van der Waals surface area contributed by atoms with E-state index in [9.17, 15) is 4.57 Å². The van der Waals surface area contributed by atoms with E-state index in [0.717, 1.165) is 0 Å². The normalized spacial score (nSPS) is 9.88. The molecule has 0 aliphatic heterocycles. The molecule has 3 nitrogen and oxygen atoms in total. The Labute approximate surface area is 70.2 Å². The van der Waals surface area contributed by atoms with E-state index >= 15 is 0 Å². The van der Waals surface area contributed by atoms with Crippen LogP contribution in [0, 0.1) is 0 Å². The van der Waals surface area contributed by atoms with Gasteiger partial charge in [-0.15, -0.1) is 0 Å². The van der Waals surface area contributed by atoms with Gasteiger partial charge in [0.05, 0.1) is 0 Å². The molecule has 5 heteroatoms. The van der Waals surface area contributed by atoms with Crippen LogP contribution in [0.1, 0.15) is 6.92 Å². The van der Waals surface area contributed by atoms with Crippen molar-refractivity contribution in [3.05, 3.63) is 11.9 Å². The molecular formula is C3H8NaO3P. The van der Waals surface area contributed by atoms with Crippen LogP contribution in [0.2, 0.25) is 0 Å². The number of hydrogen-bond acceptors (Lipinski definition) is 1. The number of allylic oxidation sites excluding steroid dienone is 1. The van der Waals surface area contributed by atoms with E-state index in [1.807, 2.05) is 0 Å². The third-order valence-corrected chi connectivity index (χ3v) is 1.49. The molecule has 2 N–H and O–H groups in total. The topological polar surface area (TPSA) is 57.5 Å². The molecule has 8 heavy (non-hydrogen) atoms. The SMILES string of the molecule is C=C(C)P(=O)(O)O.[NaH]. The molecule has 0 saturated carbocycles. The van der Waals surface area contributed by atoms with Crippen LogP contribution in [-0.2, 0) is 4.57 Å². The monoisotopic (exact) mass is 146 g/mol. The molecule has 0 aliphatic rings. The van der Waals surface area contributed by atoms with Gasteiger partial charge in [-0.2, -0.15) is 0 Å². The number of rotatable bonds is 1. The van der Waals surface area contributed by atoms with Crippen molar-refractivity contribution < 1.29 is 14.4 Å². The van der Waals surface area contributed by atoms with Crippen LogP contribution in [0.25, 0.3) is 0 Å². The quantitative estimate of drug-likeness (QED) is 0.406. The first kappa shape index (κ1) is 11.7. The average molecular weight is 146 g/mol. The summed E-state index contributed by atoms with van der Waals surface area (Å²) in [5.74, 6) is 0. The van der Waals surface area contributed by atoms with Crippen LogP contribution < -0.4 is 0 Å². The fourth-order valence-corrected chi connectivity index (χ4v) is 0. The van der Waals surface area contributed by atoms with E-state index in [1.54, 1.807) is 0 Å². The molecule has 0 fully saturated rings. The Morgan fingerprint density at radius 3 is 1.75 bits per heavy atom. The zero-order valence-corrected chi connectivity index (χ0v) is 4.85. The van der Waals surface area contributed by atoms with E-state index < -0.39 is 7.60 Å². The predicted molar refractivity (Wildman–Crippen MR) is 34.0 cm³/mol. The van der Waals surface area contributed by atoms with Crippen molar-refractivity contribution >= 4 is 37.2 Å². The second-order valence-electron chi connectivity index (χ2n) is 1.28. The summed E-state index contributed by atoms with van der Waals surface area (Å²) < 4.78 is 9.93. The third kappa shape index (κ3) is 5.04. The fraction of sp³-hybridized carbons (Fsp3) is 0.333. The van der Waals surface area contributed by atoms with Crippen LogP contribution in [0.3, 0.4) is 0 Å². The molecule has 0 aliphatic carbocycles. The summed E-state index contributed by atoms with van der Waals surface area (Å²) in [6, 6.07) is 0. The first-order valence-electron chi connectivity index (χ1n) is 1.66. The molecule has 0 rings (SSSR count). The van der Waals surface area contributed by atoms with Gasteiger partial charge in [0.2, 0.25) is 0 Å². The van der Waals surface area contributed by atoms with Gasteiger partial charge in [0.1, 0.15) is 0 Å². The van der Waals surface area contributed by atoms with Crippen molar-refractivity contribution in [2.24, 2.45) is 0 Å². The Balaban J connectivity index is 0. The Kier molecular flexibility index (Phi) is 5.58. The third-order valence-electron chi connectivity index (χ3n) is 0.497. The maximum absolute atomic E-state index is 9.93. The van der Waals surface area contributed by atoms with Crippen molar-refractivity contribution in [1.82, 2.24) is 0 Å². The zero-order chi connectivity index (χ0) is 6.08. The fourth-order valence-electron chi connectivity index (χ4n) is 0. The van der Waals surface area contributed by atoms with Crippen molar-refractivity contribution in [2.45, 2.75) is 6.92 Å².